The predicted octanol–water partition coefficient (Wildman–Crippen LogP) is 4.23. The average molecular weight is 524 g/mol. The summed E-state index contributed by atoms with van der Waals surface area (Å²) in [7, 11) is -1.20. The Morgan fingerprint density at radius 2 is 1.70 bits per heavy atom. The molecular formula is C30H41N3O3S. The van der Waals surface area contributed by atoms with Gasteiger partial charge in [0.25, 0.3) is 0 Å². The Morgan fingerprint density at radius 1 is 1.00 bits per heavy atom. The molecule has 0 spiro atoms. The molecule has 2 heterocycles. The summed E-state index contributed by atoms with van der Waals surface area (Å²) in [6.45, 7) is 6.43. The second-order valence-corrected chi connectivity index (χ2v) is 13.8. The van der Waals surface area contributed by atoms with Gasteiger partial charge in [-0.05, 0) is 119 Å². The van der Waals surface area contributed by atoms with Gasteiger partial charge < -0.3 is 14.9 Å². The maximum absolute atomic E-state index is 13.5. The fourth-order valence-electron chi connectivity index (χ4n) is 7.64. The Bertz CT molecular complexity index is 1220. The number of phenols is 1. The van der Waals surface area contributed by atoms with Gasteiger partial charge in [0, 0.05) is 23.5 Å². The zero-order chi connectivity index (χ0) is 25.8. The van der Waals surface area contributed by atoms with Crippen LogP contribution in [0.25, 0.3) is 0 Å². The summed E-state index contributed by atoms with van der Waals surface area (Å²) in [6.07, 6.45) is 7.03. The molecule has 2 saturated heterocycles. The first-order valence-electron chi connectivity index (χ1n) is 14.1. The first-order valence-corrected chi connectivity index (χ1v) is 15.6. The molecule has 2 unspecified atom stereocenters. The van der Waals surface area contributed by atoms with E-state index in [1.165, 1.54) is 11.1 Å². The highest BCUT2D eigenvalue weighted by Crippen LogP contribution is 2.51. The molecule has 3 fully saturated rings. The average Bonchev–Trinajstić information content (AvgIpc) is 3.73. The largest absolute Gasteiger partial charge is 0.508 e. The molecule has 1 N–H and O–H groups in total. The van der Waals surface area contributed by atoms with Crippen molar-refractivity contribution in [2.24, 2.45) is 5.92 Å². The van der Waals surface area contributed by atoms with E-state index in [9.17, 15) is 13.5 Å². The van der Waals surface area contributed by atoms with Crippen LogP contribution in [0.15, 0.2) is 53.4 Å². The Hall–Kier alpha value is -1.93. The number of hydrogen-bond donors (Lipinski definition) is 1. The topological polar surface area (TPSA) is 64.1 Å². The summed E-state index contributed by atoms with van der Waals surface area (Å²) < 4.78 is 28.9. The zero-order valence-corrected chi connectivity index (χ0v) is 23.0. The lowest BCUT2D eigenvalue weighted by atomic mass is 9.56. The van der Waals surface area contributed by atoms with E-state index in [1.807, 2.05) is 34.6 Å². The minimum absolute atomic E-state index is 0.0890. The molecule has 6 nitrogen and oxygen atoms in total. The van der Waals surface area contributed by atoms with Crippen molar-refractivity contribution in [1.82, 2.24) is 14.1 Å². The zero-order valence-electron chi connectivity index (χ0n) is 22.2. The van der Waals surface area contributed by atoms with Crippen LogP contribution >= 0.6 is 0 Å². The van der Waals surface area contributed by atoms with Gasteiger partial charge in [-0.25, -0.2) is 8.42 Å². The number of fused-ring (bicyclic) bond motifs is 4. The van der Waals surface area contributed by atoms with Crippen LogP contribution in [-0.4, -0.2) is 79.0 Å². The highest BCUT2D eigenvalue weighted by atomic mass is 32.2. The third-order valence-corrected chi connectivity index (χ3v) is 12.0. The van der Waals surface area contributed by atoms with Crippen LogP contribution in [0.1, 0.15) is 56.6 Å². The van der Waals surface area contributed by atoms with Gasteiger partial charge in [-0.15, -0.1) is 0 Å². The van der Waals surface area contributed by atoms with E-state index in [-0.39, 0.29) is 17.5 Å². The lowest BCUT2D eigenvalue weighted by molar-refractivity contribution is 0.0272. The molecular weight excluding hydrogens is 482 g/mol. The van der Waals surface area contributed by atoms with E-state index >= 15 is 0 Å². The van der Waals surface area contributed by atoms with Crippen molar-refractivity contribution < 1.29 is 13.5 Å². The van der Waals surface area contributed by atoms with Crippen LogP contribution in [0.2, 0.25) is 0 Å². The van der Waals surface area contributed by atoms with Crippen molar-refractivity contribution in [3.8, 4) is 5.75 Å². The molecule has 2 aliphatic heterocycles. The Balaban J connectivity index is 1.16. The molecule has 6 rings (SSSR count). The molecule has 0 amide bonds. The van der Waals surface area contributed by atoms with E-state index in [0.717, 1.165) is 71.1 Å². The number of rotatable bonds is 7. The van der Waals surface area contributed by atoms with Gasteiger partial charge in [0.05, 0.1) is 4.90 Å². The summed E-state index contributed by atoms with van der Waals surface area (Å²) >= 11 is 0. The predicted molar refractivity (Wildman–Crippen MR) is 146 cm³/mol. The first kappa shape index (κ1) is 25.4. The number of hydrogen-bond acceptors (Lipinski definition) is 5. The number of aromatic hydroxyl groups is 1. The lowest BCUT2D eigenvalue weighted by Crippen LogP contribution is -2.58. The summed E-state index contributed by atoms with van der Waals surface area (Å²) in [5.74, 6) is 0.919. The maximum atomic E-state index is 13.5. The molecule has 4 aliphatic rings. The molecule has 7 heteroatoms. The normalized spacial score (nSPS) is 29.4. The van der Waals surface area contributed by atoms with Gasteiger partial charge in [0.15, 0.2) is 0 Å². The standard InChI is InChI=1S/C30H41N3O3S/c1-22-29-20-23-8-11-26(34)21-28(23)30(22,14-18-31(29)2)15-19-32-16-12-25(13-17-32)33(24-9-10-24)37(35,36)27-6-4-3-5-7-27/h3-8,11,21-22,24-25,29,34H,9-10,12-20H2,1-2H3/t22-,29?,30?/m0/s1. The van der Waals surface area contributed by atoms with Gasteiger partial charge in [0.2, 0.25) is 10.0 Å². The second-order valence-electron chi connectivity index (χ2n) is 12.0. The third kappa shape index (κ3) is 4.52. The van der Waals surface area contributed by atoms with E-state index in [0.29, 0.717) is 22.6 Å². The van der Waals surface area contributed by atoms with Crippen LogP contribution in [0.3, 0.4) is 0 Å². The van der Waals surface area contributed by atoms with Crippen molar-refractivity contribution in [3.63, 3.8) is 0 Å². The minimum Gasteiger partial charge on any atom is -0.508 e. The van der Waals surface area contributed by atoms with E-state index in [2.05, 4.69) is 29.8 Å². The number of piperidine rings is 2. The number of nitrogens with zero attached hydrogens (tertiary/aromatic N) is 3. The van der Waals surface area contributed by atoms with E-state index in [4.69, 9.17) is 0 Å². The highest BCUT2D eigenvalue weighted by molar-refractivity contribution is 7.89. The van der Waals surface area contributed by atoms with Crippen LogP contribution in [0.5, 0.6) is 5.75 Å². The molecule has 0 aromatic heterocycles. The number of likely N-dealkylation sites (N-methyl/N-ethyl adjacent to an activating group) is 1. The summed E-state index contributed by atoms with van der Waals surface area (Å²) in [6, 6.07) is 15.8. The Morgan fingerprint density at radius 3 is 2.41 bits per heavy atom. The lowest BCUT2D eigenvalue weighted by Gasteiger charge is -2.56. The number of sulfonamides is 1. The van der Waals surface area contributed by atoms with Crippen LogP contribution in [-0.2, 0) is 21.9 Å². The van der Waals surface area contributed by atoms with Crippen molar-refractivity contribution in [1.29, 1.82) is 0 Å². The van der Waals surface area contributed by atoms with Crippen LogP contribution in [0.4, 0.5) is 0 Å². The molecule has 3 atom stereocenters. The van der Waals surface area contributed by atoms with Crippen molar-refractivity contribution in [3.05, 3.63) is 59.7 Å². The quantitative estimate of drug-likeness (QED) is 0.588. The van der Waals surface area contributed by atoms with Gasteiger partial charge in [0.1, 0.15) is 5.75 Å². The molecule has 2 aromatic carbocycles. The first-order chi connectivity index (χ1) is 17.8. The van der Waals surface area contributed by atoms with E-state index in [1.54, 1.807) is 12.1 Å². The van der Waals surface area contributed by atoms with Gasteiger partial charge >= 0.3 is 0 Å². The molecule has 2 bridgehead atoms. The Kier molecular flexibility index (Phi) is 6.63. The summed E-state index contributed by atoms with van der Waals surface area (Å²) in [5, 5.41) is 10.4. The summed E-state index contributed by atoms with van der Waals surface area (Å²) in [4.78, 5) is 5.51. The summed E-state index contributed by atoms with van der Waals surface area (Å²) in [5.41, 5.74) is 2.86. The van der Waals surface area contributed by atoms with Crippen molar-refractivity contribution in [2.45, 2.75) is 80.3 Å². The second kappa shape index (κ2) is 9.67. The van der Waals surface area contributed by atoms with Gasteiger partial charge in [-0.1, -0.05) is 31.2 Å². The highest BCUT2D eigenvalue weighted by Gasteiger charge is 2.50. The van der Waals surface area contributed by atoms with Crippen LogP contribution < -0.4 is 0 Å². The number of benzene rings is 2. The SMILES string of the molecule is C[C@H]1C2Cc3ccc(O)cc3C1(CCN1CCC(N(C3CC3)S(=O)(=O)c3ccccc3)CC1)CCN2C. The smallest absolute Gasteiger partial charge is 0.243 e. The monoisotopic (exact) mass is 523 g/mol. The number of likely N-dealkylation sites (tertiary alicyclic amines) is 2. The Labute approximate surface area is 222 Å². The third-order valence-electron chi connectivity index (χ3n) is 10.0. The molecule has 0 radical (unpaired) electrons. The van der Waals surface area contributed by atoms with Gasteiger partial charge in [-0.2, -0.15) is 4.31 Å². The van der Waals surface area contributed by atoms with Gasteiger partial charge in [-0.3, -0.25) is 0 Å². The molecule has 200 valence electrons. The fourth-order valence-corrected chi connectivity index (χ4v) is 9.59. The van der Waals surface area contributed by atoms with Crippen LogP contribution in [0, 0.1) is 5.92 Å². The number of phenolic OH excluding ortho intramolecular Hbond substituents is 1. The molecule has 37 heavy (non-hydrogen) atoms. The molecule has 1 saturated carbocycles. The van der Waals surface area contributed by atoms with E-state index < -0.39 is 10.0 Å². The maximum Gasteiger partial charge on any atom is 0.243 e. The fraction of sp³-hybridized carbons (Fsp3) is 0.600. The van der Waals surface area contributed by atoms with Crippen molar-refractivity contribution >= 4 is 10.0 Å². The molecule has 2 aromatic rings. The minimum atomic E-state index is -3.46. The molecule has 2 aliphatic carbocycles. The van der Waals surface area contributed by atoms with Crippen molar-refractivity contribution in [2.75, 3.05) is 33.2 Å².